The zero-order chi connectivity index (χ0) is 15.0. The third kappa shape index (κ3) is 4.55. The van der Waals surface area contributed by atoms with Crippen LogP contribution in [0.4, 0.5) is 5.69 Å². The van der Waals surface area contributed by atoms with Gasteiger partial charge in [0.1, 0.15) is 11.5 Å². The van der Waals surface area contributed by atoms with Crippen LogP contribution in [0.25, 0.3) is 0 Å². The highest BCUT2D eigenvalue weighted by molar-refractivity contribution is 6.19. The third-order valence-electron chi connectivity index (χ3n) is 2.21. The number of ether oxygens (including phenoxy) is 2. The summed E-state index contributed by atoms with van der Waals surface area (Å²) in [6.07, 6.45) is 0. The monoisotopic (exact) mass is 298 g/mol. The zero-order valence-corrected chi connectivity index (χ0v) is 11.9. The average molecular weight is 299 g/mol. The Hall–Kier alpha value is -2.08. The van der Waals surface area contributed by atoms with Crippen LogP contribution in [-0.2, 0) is 9.53 Å². The van der Waals surface area contributed by atoms with Crippen LogP contribution in [0.1, 0.15) is 6.92 Å². The van der Waals surface area contributed by atoms with Crippen LogP contribution in [-0.4, -0.2) is 30.7 Å². The summed E-state index contributed by atoms with van der Waals surface area (Å²) in [6.45, 7) is 1.81. The number of alkyl halides is 1. The average Bonchev–Trinajstić information content (AvgIpc) is 2.48. The minimum Gasteiger partial charge on any atom is -0.508 e. The number of carbonyl (C=O) groups is 1. The maximum Gasteiger partial charge on any atom is 0.362 e. The molecule has 0 aromatic heterocycles. The van der Waals surface area contributed by atoms with Gasteiger partial charge in [0.2, 0.25) is 5.70 Å². The molecule has 0 saturated heterocycles. The Morgan fingerprint density at radius 3 is 2.50 bits per heavy atom. The lowest BCUT2D eigenvalue weighted by atomic mass is 10.3. The van der Waals surface area contributed by atoms with Gasteiger partial charge in [-0.1, -0.05) is 0 Å². The molecule has 0 bridgehead atoms. The Labute approximate surface area is 121 Å². The number of allylic oxidation sites excluding steroid dienone is 1. The molecule has 1 rings (SSSR count). The minimum atomic E-state index is -0.775. The van der Waals surface area contributed by atoms with Crippen LogP contribution in [0, 0.1) is 0 Å². The molecular weight excluding hydrogens is 284 g/mol. The molecule has 6 nitrogen and oxygen atoms in total. The molecule has 1 aromatic carbocycles. The lowest BCUT2D eigenvalue weighted by Gasteiger charge is -2.03. The quantitative estimate of drug-likeness (QED) is 0.287. The molecule has 0 aliphatic carbocycles. The van der Waals surface area contributed by atoms with Crippen LogP contribution in [0.15, 0.2) is 46.0 Å². The van der Waals surface area contributed by atoms with Crippen LogP contribution >= 0.6 is 11.6 Å². The predicted molar refractivity (Wildman–Crippen MR) is 74.5 cm³/mol. The van der Waals surface area contributed by atoms with Crippen molar-refractivity contribution in [3.05, 3.63) is 35.7 Å². The Balaban J connectivity index is 2.94. The molecular formula is C13H15ClN2O4. The van der Waals surface area contributed by atoms with Gasteiger partial charge in [-0.05, 0) is 31.2 Å². The van der Waals surface area contributed by atoms with Gasteiger partial charge >= 0.3 is 5.97 Å². The second-order valence-corrected chi connectivity index (χ2v) is 3.81. The summed E-state index contributed by atoms with van der Waals surface area (Å²) in [5.74, 6) is -0.741. The first-order valence-electron chi connectivity index (χ1n) is 5.83. The van der Waals surface area contributed by atoms with Crippen LogP contribution in [0.5, 0.6) is 5.75 Å². The van der Waals surface area contributed by atoms with Crippen molar-refractivity contribution in [1.29, 1.82) is 0 Å². The lowest BCUT2D eigenvalue weighted by molar-refractivity contribution is -0.138. The fourth-order valence-corrected chi connectivity index (χ4v) is 1.36. The van der Waals surface area contributed by atoms with Gasteiger partial charge in [0.25, 0.3) is 0 Å². The van der Waals surface area contributed by atoms with E-state index < -0.39 is 5.97 Å². The van der Waals surface area contributed by atoms with E-state index in [4.69, 9.17) is 21.1 Å². The van der Waals surface area contributed by atoms with Crippen molar-refractivity contribution < 1.29 is 19.4 Å². The number of nitrogens with zero attached hydrogens (tertiary/aromatic N) is 2. The zero-order valence-electron chi connectivity index (χ0n) is 11.2. The maximum atomic E-state index is 11.6. The van der Waals surface area contributed by atoms with Gasteiger partial charge in [0.15, 0.2) is 0 Å². The van der Waals surface area contributed by atoms with E-state index in [1.165, 1.54) is 0 Å². The van der Waals surface area contributed by atoms with Crippen molar-refractivity contribution in [2.24, 2.45) is 10.2 Å². The number of aliphatic hydroxyl groups is 1. The highest BCUT2D eigenvalue weighted by Gasteiger charge is 2.15. The predicted octanol–water partition coefficient (Wildman–Crippen LogP) is 3.35. The molecule has 20 heavy (non-hydrogen) atoms. The van der Waals surface area contributed by atoms with Gasteiger partial charge in [-0.2, -0.15) is 5.11 Å². The number of hydrogen-bond acceptors (Lipinski definition) is 6. The van der Waals surface area contributed by atoms with E-state index in [9.17, 15) is 9.90 Å². The molecule has 1 aromatic rings. The van der Waals surface area contributed by atoms with Gasteiger partial charge in [-0.25, -0.2) is 4.79 Å². The van der Waals surface area contributed by atoms with Gasteiger partial charge in [0, 0.05) is 0 Å². The number of aliphatic hydroxyl groups excluding tert-OH is 1. The first-order valence-corrected chi connectivity index (χ1v) is 6.36. The summed E-state index contributed by atoms with van der Waals surface area (Å²) in [7, 11) is 1.55. The molecule has 0 saturated carbocycles. The molecule has 0 spiro atoms. The Morgan fingerprint density at radius 1 is 1.35 bits per heavy atom. The van der Waals surface area contributed by atoms with Gasteiger partial charge in [0.05, 0.1) is 25.3 Å². The van der Waals surface area contributed by atoms with Crippen molar-refractivity contribution in [3.63, 3.8) is 0 Å². The molecule has 0 aliphatic rings. The SMILES string of the molecule is CCOC(=O)/C(N=Nc1ccc(OC)cc1)=C(/O)CCl. The number of carbonyl (C=O) groups excluding carboxylic acids is 1. The molecule has 0 heterocycles. The first-order chi connectivity index (χ1) is 9.62. The highest BCUT2D eigenvalue weighted by Crippen LogP contribution is 2.19. The van der Waals surface area contributed by atoms with Crippen LogP contribution in [0.2, 0.25) is 0 Å². The Morgan fingerprint density at radius 2 is 2.00 bits per heavy atom. The highest BCUT2D eigenvalue weighted by atomic mass is 35.5. The Kier molecular flexibility index (Phi) is 6.52. The van der Waals surface area contributed by atoms with Crippen molar-refractivity contribution >= 4 is 23.3 Å². The summed E-state index contributed by atoms with van der Waals surface area (Å²) in [6, 6.07) is 6.71. The molecule has 0 unspecified atom stereocenters. The lowest BCUT2D eigenvalue weighted by Crippen LogP contribution is -2.09. The summed E-state index contributed by atoms with van der Waals surface area (Å²) in [5.41, 5.74) is 0.188. The minimum absolute atomic E-state index is 0.163. The second-order valence-electron chi connectivity index (χ2n) is 3.55. The second kappa shape index (κ2) is 8.16. The van der Waals surface area contributed by atoms with E-state index >= 15 is 0 Å². The molecule has 0 radical (unpaired) electrons. The fourth-order valence-electron chi connectivity index (χ4n) is 1.24. The number of rotatable bonds is 6. The first kappa shape index (κ1) is 16.0. The van der Waals surface area contributed by atoms with Crippen LogP contribution in [0.3, 0.4) is 0 Å². The van der Waals surface area contributed by atoms with E-state index in [0.29, 0.717) is 11.4 Å². The smallest absolute Gasteiger partial charge is 0.362 e. The van der Waals surface area contributed by atoms with Gasteiger partial charge in [-0.15, -0.1) is 16.7 Å². The normalized spacial score (nSPS) is 12.2. The molecule has 0 fully saturated rings. The summed E-state index contributed by atoms with van der Waals surface area (Å²) in [5, 5.41) is 17.1. The standard InChI is InChI=1S/C13H15ClN2O4/c1-3-20-13(18)12(11(17)8-14)16-15-9-4-6-10(19-2)7-5-9/h4-7,17H,3,8H2,1-2H3/b12-11-,16-15?. The summed E-state index contributed by atoms with van der Waals surface area (Å²) < 4.78 is 9.77. The summed E-state index contributed by atoms with van der Waals surface area (Å²) >= 11 is 5.48. The van der Waals surface area contributed by atoms with Crippen molar-refractivity contribution in [3.8, 4) is 5.75 Å². The van der Waals surface area contributed by atoms with E-state index in [0.717, 1.165) is 0 Å². The molecule has 0 atom stereocenters. The van der Waals surface area contributed by atoms with E-state index in [2.05, 4.69) is 10.2 Å². The molecule has 0 amide bonds. The number of benzene rings is 1. The molecule has 7 heteroatoms. The molecule has 1 N–H and O–H groups in total. The van der Waals surface area contributed by atoms with Crippen molar-refractivity contribution in [2.45, 2.75) is 6.92 Å². The number of esters is 1. The maximum absolute atomic E-state index is 11.6. The van der Waals surface area contributed by atoms with Crippen molar-refractivity contribution in [2.75, 3.05) is 19.6 Å². The van der Waals surface area contributed by atoms with Crippen LogP contribution < -0.4 is 4.74 Å². The van der Waals surface area contributed by atoms with E-state index in [1.807, 2.05) is 0 Å². The fraction of sp³-hybridized carbons (Fsp3) is 0.308. The largest absolute Gasteiger partial charge is 0.508 e. The number of hydrogen-bond donors (Lipinski definition) is 1. The number of methoxy groups -OCH3 is 1. The summed E-state index contributed by atoms with van der Waals surface area (Å²) in [4.78, 5) is 11.6. The Bertz CT molecular complexity index is 512. The van der Waals surface area contributed by atoms with Crippen molar-refractivity contribution in [1.82, 2.24) is 0 Å². The van der Waals surface area contributed by atoms with E-state index in [1.54, 1.807) is 38.3 Å². The molecule has 0 aliphatic heterocycles. The topological polar surface area (TPSA) is 80.5 Å². The molecule has 108 valence electrons. The van der Waals surface area contributed by atoms with Gasteiger partial charge < -0.3 is 14.6 Å². The van der Waals surface area contributed by atoms with E-state index in [-0.39, 0.29) is 23.9 Å². The number of halogens is 1. The third-order valence-corrected chi connectivity index (χ3v) is 2.46. The van der Waals surface area contributed by atoms with Gasteiger partial charge in [-0.3, -0.25) is 0 Å². The number of azo groups is 1.